The van der Waals surface area contributed by atoms with Gasteiger partial charge in [0.05, 0.1) is 6.61 Å². The Labute approximate surface area is 296 Å². The molecule has 5 aromatic carbocycles. The van der Waals surface area contributed by atoms with Gasteiger partial charge in [0.1, 0.15) is 29.7 Å². The van der Waals surface area contributed by atoms with Crippen molar-refractivity contribution in [3.05, 3.63) is 180 Å². The van der Waals surface area contributed by atoms with Gasteiger partial charge < -0.3 is 18.6 Å². The lowest BCUT2D eigenvalue weighted by Gasteiger charge is -2.45. The molecule has 4 nitrogen and oxygen atoms in total. The molecule has 3 atom stereocenters. The summed E-state index contributed by atoms with van der Waals surface area (Å²) in [5.41, 5.74) is 2.21. The van der Waals surface area contributed by atoms with Crippen molar-refractivity contribution in [3.8, 4) is 0 Å². The first-order valence-corrected chi connectivity index (χ1v) is 19.3. The fourth-order valence-electron chi connectivity index (χ4n) is 7.85. The van der Waals surface area contributed by atoms with Crippen LogP contribution in [0.5, 0.6) is 0 Å². The van der Waals surface area contributed by atoms with E-state index in [4.69, 9.17) is 18.6 Å². The molecule has 0 N–H and O–H groups in total. The topological polar surface area (TPSA) is 36.9 Å². The number of rotatable bonds is 10. The first-order chi connectivity index (χ1) is 24.1. The van der Waals surface area contributed by atoms with Gasteiger partial charge in [-0.3, -0.25) is 0 Å². The molecule has 2 aliphatic rings. The van der Waals surface area contributed by atoms with Crippen molar-refractivity contribution in [2.45, 2.75) is 69.4 Å². The van der Waals surface area contributed by atoms with Gasteiger partial charge in [-0.15, -0.1) is 0 Å². The van der Waals surface area contributed by atoms with E-state index in [1.807, 2.05) is 105 Å². The van der Waals surface area contributed by atoms with E-state index in [1.165, 1.54) is 0 Å². The van der Waals surface area contributed by atoms with Crippen LogP contribution < -0.4 is 10.4 Å². The molecule has 0 aromatic heterocycles. The molecular weight excluding hydrogens is 640 g/mol. The lowest BCUT2D eigenvalue weighted by atomic mass is 9.80. The molecule has 50 heavy (non-hydrogen) atoms. The second-order valence-electron chi connectivity index (χ2n) is 14.7. The minimum absolute atomic E-state index is 0.0360. The van der Waals surface area contributed by atoms with Crippen LogP contribution in [0.2, 0.25) is 5.04 Å². The van der Waals surface area contributed by atoms with Gasteiger partial charge in [0.15, 0.2) is 5.79 Å². The smallest absolute Gasteiger partial charge is 0.262 e. The first kappa shape index (κ1) is 34.3. The Morgan fingerprint density at radius 1 is 0.620 bits per heavy atom. The summed E-state index contributed by atoms with van der Waals surface area (Å²) in [6, 6.07) is 51.0. The predicted octanol–water partition coefficient (Wildman–Crippen LogP) is 8.70. The molecule has 0 bridgehead atoms. The van der Waals surface area contributed by atoms with Crippen LogP contribution in [-0.4, -0.2) is 39.0 Å². The maximum atomic E-state index is 17.5. The summed E-state index contributed by atoms with van der Waals surface area (Å²) in [5.74, 6) is -1.32. The molecule has 1 saturated heterocycles. The standard InChI is InChI=1S/C44H45FO4Si/c1-42(2,3)50(35-27-17-9-18-28-35,36-29-19-10-20-30-36)49-40-38(45)37(39-41(40)48-43(4,5)47-39)31-46-44(32-21-11-6-12-22-32,33-23-13-7-14-24-33)34-25-15-8-16-26-34/h6-30,39-41H,31H2,1-5H3/t39?,40-,41+/m0/s1. The molecular formula is C44H45FO4Si. The van der Waals surface area contributed by atoms with Crippen LogP contribution in [0.4, 0.5) is 4.39 Å². The molecule has 1 aliphatic heterocycles. The lowest BCUT2D eigenvalue weighted by Crippen LogP contribution is -2.68. The minimum Gasteiger partial charge on any atom is -0.395 e. The molecule has 6 heteroatoms. The first-order valence-electron chi connectivity index (χ1n) is 17.4. The zero-order valence-corrected chi connectivity index (χ0v) is 30.4. The molecule has 1 fully saturated rings. The van der Waals surface area contributed by atoms with Crippen molar-refractivity contribution in [1.82, 2.24) is 0 Å². The zero-order chi connectivity index (χ0) is 35.0. The summed E-state index contributed by atoms with van der Waals surface area (Å²) in [6.45, 7) is 10.3. The number of ether oxygens (including phenoxy) is 3. The predicted molar refractivity (Wildman–Crippen MR) is 200 cm³/mol. The Morgan fingerprint density at radius 3 is 1.42 bits per heavy atom. The Kier molecular flexibility index (Phi) is 9.26. The maximum absolute atomic E-state index is 17.5. The van der Waals surface area contributed by atoms with Crippen LogP contribution in [0.3, 0.4) is 0 Å². The summed E-state index contributed by atoms with van der Waals surface area (Å²) in [7, 11) is -3.16. The number of halogens is 1. The Morgan fingerprint density at radius 2 is 1.02 bits per heavy atom. The molecule has 1 heterocycles. The summed E-state index contributed by atoms with van der Waals surface area (Å²) in [6.07, 6.45) is -2.37. The van der Waals surface area contributed by atoms with Crippen LogP contribution in [0.15, 0.2) is 163 Å². The summed E-state index contributed by atoms with van der Waals surface area (Å²) in [5, 5.41) is 1.78. The SMILES string of the molecule is CC1(C)OC2C(COC(c3ccccc3)(c3ccccc3)c3ccccc3)=C(F)[C@H](O[Si](c3ccccc3)(c3ccccc3)C(C)(C)C)[C@@H]2O1. The molecule has 5 aromatic rings. The van der Waals surface area contributed by atoms with Gasteiger partial charge in [0.2, 0.25) is 0 Å². The molecule has 256 valence electrons. The van der Waals surface area contributed by atoms with Crippen molar-refractivity contribution in [3.63, 3.8) is 0 Å². The van der Waals surface area contributed by atoms with Crippen molar-refractivity contribution < 1.29 is 23.0 Å². The Bertz CT molecular complexity index is 1770. The highest BCUT2D eigenvalue weighted by molar-refractivity contribution is 6.99. The van der Waals surface area contributed by atoms with Crippen LogP contribution in [0, 0.1) is 0 Å². The highest BCUT2D eigenvalue weighted by Gasteiger charge is 2.60. The Balaban J connectivity index is 1.36. The largest absolute Gasteiger partial charge is 0.395 e. The van der Waals surface area contributed by atoms with Gasteiger partial charge in [0.25, 0.3) is 8.32 Å². The van der Waals surface area contributed by atoms with Crippen molar-refractivity contribution >= 4 is 18.7 Å². The van der Waals surface area contributed by atoms with Crippen LogP contribution in [0.25, 0.3) is 0 Å². The molecule has 0 spiro atoms. The third kappa shape index (κ3) is 5.99. The summed E-state index contributed by atoms with van der Waals surface area (Å²) >= 11 is 0. The van der Waals surface area contributed by atoms with Gasteiger partial charge in [-0.1, -0.05) is 172 Å². The number of hydrogen-bond donors (Lipinski definition) is 0. The molecule has 0 amide bonds. The molecule has 1 aliphatic carbocycles. The molecule has 0 radical (unpaired) electrons. The van der Waals surface area contributed by atoms with E-state index in [0.29, 0.717) is 5.57 Å². The third-order valence-corrected chi connectivity index (χ3v) is 15.0. The minimum atomic E-state index is -3.16. The maximum Gasteiger partial charge on any atom is 0.262 e. The lowest BCUT2D eigenvalue weighted by molar-refractivity contribution is -0.154. The highest BCUT2D eigenvalue weighted by atomic mass is 28.4. The van der Waals surface area contributed by atoms with Gasteiger partial charge in [-0.05, 0) is 45.9 Å². The average molecular weight is 685 g/mol. The summed E-state index contributed by atoms with van der Waals surface area (Å²) in [4.78, 5) is 0. The van der Waals surface area contributed by atoms with E-state index < -0.39 is 38.0 Å². The van der Waals surface area contributed by atoms with Gasteiger partial charge >= 0.3 is 0 Å². The molecule has 1 unspecified atom stereocenters. The highest BCUT2D eigenvalue weighted by Crippen LogP contribution is 2.48. The number of benzene rings is 5. The van der Waals surface area contributed by atoms with E-state index in [1.54, 1.807) is 0 Å². The van der Waals surface area contributed by atoms with Crippen molar-refractivity contribution in [1.29, 1.82) is 0 Å². The van der Waals surface area contributed by atoms with E-state index in [0.717, 1.165) is 27.1 Å². The monoisotopic (exact) mass is 684 g/mol. The van der Waals surface area contributed by atoms with Gasteiger partial charge in [-0.25, -0.2) is 4.39 Å². The van der Waals surface area contributed by atoms with Crippen molar-refractivity contribution in [2.75, 3.05) is 6.61 Å². The fourth-order valence-corrected chi connectivity index (χ4v) is 12.5. The average Bonchev–Trinajstić information content (AvgIpc) is 3.57. The van der Waals surface area contributed by atoms with Crippen molar-refractivity contribution in [2.24, 2.45) is 0 Å². The summed E-state index contributed by atoms with van der Waals surface area (Å²) < 4.78 is 45.1. The van der Waals surface area contributed by atoms with Crippen LogP contribution >= 0.6 is 0 Å². The molecule has 7 rings (SSSR count). The number of fused-ring (bicyclic) bond motifs is 1. The van der Waals surface area contributed by atoms with Crippen LogP contribution in [0.1, 0.15) is 51.3 Å². The number of hydrogen-bond acceptors (Lipinski definition) is 4. The second kappa shape index (κ2) is 13.5. The van der Waals surface area contributed by atoms with Gasteiger partial charge in [0, 0.05) is 5.57 Å². The quantitative estimate of drug-likeness (QED) is 0.109. The fraction of sp³-hybridized carbons (Fsp3) is 0.273. The van der Waals surface area contributed by atoms with E-state index in [9.17, 15) is 0 Å². The second-order valence-corrected chi connectivity index (χ2v) is 18.9. The Hall–Kier alpha value is -4.17. The van der Waals surface area contributed by atoms with E-state index in [2.05, 4.69) is 81.4 Å². The normalized spacial score (nSPS) is 20.6. The molecule has 0 saturated carbocycles. The van der Waals surface area contributed by atoms with Gasteiger partial charge in [-0.2, -0.15) is 0 Å². The van der Waals surface area contributed by atoms with E-state index >= 15 is 4.39 Å². The zero-order valence-electron chi connectivity index (χ0n) is 29.4. The van der Waals surface area contributed by atoms with Crippen LogP contribution in [-0.2, 0) is 24.2 Å². The third-order valence-electron chi connectivity index (χ3n) is 10.0. The van der Waals surface area contributed by atoms with E-state index in [-0.39, 0.29) is 17.5 Å².